The van der Waals surface area contributed by atoms with E-state index >= 15 is 0 Å². The largest absolute Gasteiger partial charge is 0.497 e. The van der Waals surface area contributed by atoms with Gasteiger partial charge in [0.15, 0.2) is 0 Å². The van der Waals surface area contributed by atoms with Crippen molar-refractivity contribution in [1.82, 2.24) is 9.62 Å². The molecule has 196 valence electrons. The monoisotopic (exact) mass is 521 g/mol. The van der Waals surface area contributed by atoms with E-state index in [2.05, 4.69) is 28.8 Å². The van der Waals surface area contributed by atoms with Gasteiger partial charge in [-0.05, 0) is 55.7 Å². The Labute approximate surface area is 219 Å². The van der Waals surface area contributed by atoms with Crippen molar-refractivity contribution in [2.45, 2.75) is 31.6 Å². The summed E-state index contributed by atoms with van der Waals surface area (Å²) in [5, 5.41) is 6.41. The molecule has 0 aliphatic carbocycles. The van der Waals surface area contributed by atoms with Gasteiger partial charge in [0.25, 0.3) is 0 Å². The second-order valence-electron chi connectivity index (χ2n) is 9.66. The molecule has 2 N–H and O–H groups in total. The Kier molecular flexibility index (Phi) is 8.19. The number of nitrogens with one attached hydrogen (secondary N) is 2. The number of benzene rings is 3. The van der Waals surface area contributed by atoms with E-state index in [-0.39, 0.29) is 29.8 Å². The number of sulfonamides is 1. The van der Waals surface area contributed by atoms with Crippen molar-refractivity contribution >= 4 is 21.6 Å². The summed E-state index contributed by atoms with van der Waals surface area (Å²) in [5.74, 6) is -0.408. The first-order chi connectivity index (χ1) is 17.7. The van der Waals surface area contributed by atoms with Crippen molar-refractivity contribution in [1.29, 1.82) is 0 Å². The van der Waals surface area contributed by atoms with Gasteiger partial charge in [-0.3, -0.25) is 4.79 Å². The van der Waals surface area contributed by atoms with Gasteiger partial charge in [-0.1, -0.05) is 48.0 Å². The number of aryl methyl sites for hydroxylation is 3. The number of ether oxygens (including phenoxy) is 1. The fraction of sp³-hybridized carbons (Fsp3) is 0.345. The third-order valence-electron chi connectivity index (χ3n) is 6.91. The second kappa shape index (κ2) is 11.4. The van der Waals surface area contributed by atoms with E-state index < -0.39 is 15.9 Å². The summed E-state index contributed by atoms with van der Waals surface area (Å²) in [6.45, 7) is 7.45. The SMILES string of the molecule is COc1cccc(S(=O)(=O)N2C[C@@H](C(=O)NCCNc3cc(C)ccc3C)[C@H](c3cccc(C)c3)C2)c1. The molecule has 3 aromatic carbocycles. The Balaban J connectivity index is 1.50. The summed E-state index contributed by atoms with van der Waals surface area (Å²) in [4.78, 5) is 13.5. The molecule has 1 aliphatic heterocycles. The Morgan fingerprint density at radius 2 is 1.70 bits per heavy atom. The van der Waals surface area contributed by atoms with Gasteiger partial charge >= 0.3 is 0 Å². The summed E-state index contributed by atoms with van der Waals surface area (Å²) in [7, 11) is -2.29. The standard InChI is InChI=1S/C29H35N3O4S/c1-20-7-5-8-23(15-20)26-18-32(37(34,35)25-10-6-9-24(17-25)36-4)19-27(26)29(33)31-14-13-30-28-16-21(2)11-12-22(28)3/h5-12,15-17,26-27,30H,13-14,18-19H2,1-4H3,(H,31,33)/t26-,27+/m0/s1. The van der Waals surface area contributed by atoms with Crippen molar-refractivity contribution in [3.05, 3.63) is 89.0 Å². The van der Waals surface area contributed by atoms with Crippen LogP contribution in [0.4, 0.5) is 5.69 Å². The lowest BCUT2D eigenvalue weighted by atomic mass is 9.87. The summed E-state index contributed by atoms with van der Waals surface area (Å²) in [6, 6.07) is 20.6. The summed E-state index contributed by atoms with van der Waals surface area (Å²) >= 11 is 0. The van der Waals surface area contributed by atoms with Crippen molar-refractivity contribution < 1.29 is 17.9 Å². The quantitative estimate of drug-likeness (QED) is 0.411. The summed E-state index contributed by atoms with van der Waals surface area (Å²) in [6.07, 6.45) is 0. The zero-order chi connectivity index (χ0) is 26.6. The number of amides is 1. The van der Waals surface area contributed by atoms with Crippen molar-refractivity contribution in [3.63, 3.8) is 0 Å². The van der Waals surface area contributed by atoms with Crippen LogP contribution in [0.3, 0.4) is 0 Å². The average molecular weight is 522 g/mol. The lowest BCUT2D eigenvalue weighted by molar-refractivity contribution is -0.124. The number of anilines is 1. The predicted molar refractivity (Wildman–Crippen MR) is 147 cm³/mol. The van der Waals surface area contributed by atoms with E-state index in [0.29, 0.717) is 18.8 Å². The lowest BCUT2D eigenvalue weighted by Gasteiger charge is -2.19. The number of hydrogen-bond donors (Lipinski definition) is 2. The molecule has 0 bridgehead atoms. The van der Waals surface area contributed by atoms with E-state index in [1.165, 1.54) is 23.0 Å². The maximum atomic E-state index is 13.5. The van der Waals surface area contributed by atoms with Crippen molar-refractivity contribution in [3.8, 4) is 5.75 Å². The maximum absolute atomic E-state index is 13.5. The highest BCUT2D eigenvalue weighted by molar-refractivity contribution is 7.89. The molecular formula is C29H35N3O4S. The van der Waals surface area contributed by atoms with Crippen LogP contribution < -0.4 is 15.4 Å². The number of nitrogens with zero attached hydrogens (tertiary/aromatic N) is 1. The second-order valence-corrected chi connectivity index (χ2v) is 11.6. The van der Waals surface area contributed by atoms with E-state index in [4.69, 9.17) is 4.74 Å². The van der Waals surface area contributed by atoms with Gasteiger partial charge in [-0.25, -0.2) is 8.42 Å². The topological polar surface area (TPSA) is 87.7 Å². The molecule has 7 nitrogen and oxygen atoms in total. The third-order valence-corrected chi connectivity index (χ3v) is 8.73. The van der Waals surface area contributed by atoms with Crippen LogP contribution in [0, 0.1) is 26.7 Å². The van der Waals surface area contributed by atoms with Crippen LogP contribution in [-0.2, 0) is 14.8 Å². The van der Waals surface area contributed by atoms with E-state index in [1.54, 1.807) is 18.2 Å². The van der Waals surface area contributed by atoms with Crippen LogP contribution in [0.25, 0.3) is 0 Å². The molecule has 1 saturated heterocycles. The van der Waals surface area contributed by atoms with Crippen LogP contribution in [0.2, 0.25) is 0 Å². The van der Waals surface area contributed by atoms with Gasteiger partial charge in [0, 0.05) is 43.9 Å². The minimum atomic E-state index is -3.80. The molecule has 1 amide bonds. The highest BCUT2D eigenvalue weighted by atomic mass is 32.2. The minimum absolute atomic E-state index is 0.119. The minimum Gasteiger partial charge on any atom is -0.497 e. The van der Waals surface area contributed by atoms with Gasteiger partial charge in [-0.2, -0.15) is 4.31 Å². The fourth-order valence-corrected chi connectivity index (χ4v) is 6.35. The molecule has 0 spiro atoms. The molecule has 1 aliphatic rings. The predicted octanol–water partition coefficient (Wildman–Crippen LogP) is 4.25. The van der Waals surface area contributed by atoms with E-state index in [0.717, 1.165) is 22.4 Å². The summed E-state index contributed by atoms with van der Waals surface area (Å²) in [5.41, 5.74) is 5.40. The van der Waals surface area contributed by atoms with E-state index in [9.17, 15) is 13.2 Å². The van der Waals surface area contributed by atoms with Crippen LogP contribution >= 0.6 is 0 Å². The fourth-order valence-electron chi connectivity index (χ4n) is 4.82. The highest BCUT2D eigenvalue weighted by Gasteiger charge is 2.43. The number of rotatable bonds is 9. The first-order valence-corrected chi connectivity index (χ1v) is 13.9. The Bertz CT molecular complexity index is 1370. The first-order valence-electron chi connectivity index (χ1n) is 12.5. The molecular weight excluding hydrogens is 486 g/mol. The Morgan fingerprint density at radius 1 is 0.946 bits per heavy atom. The summed E-state index contributed by atoms with van der Waals surface area (Å²) < 4.78 is 33.7. The van der Waals surface area contributed by atoms with Gasteiger partial charge in [0.2, 0.25) is 15.9 Å². The molecule has 1 fully saturated rings. The van der Waals surface area contributed by atoms with Crippen LogP contribution in [0.5, 0.6) is 5.75 Å². The van der Waals surface area contributed by atoms with Crippen LogP contribution in [0.1, 0.15) is 28.2 Å². The molecule has 37 heavy (non-hydrogen) atoms. The number of hydrogen-bond acceptors (Lipinski definition) is 5. The highest BCUT2D eigenvalue weighted by Crippen LogP contribution is 2.36. The average Bonchev–Trinajstić information content (AvgIpc) is 3.35. The van der Waals surface area contributed by atoms with Gasteiger partial charge in [0.1, 0.15) is 5.75 Å². The van der Waals surface area contributed by atoms with Crippen LogP contribution in [-0.4, -0.2) is 51.9 Å². The number of methoxy groups -OCH3 is 1. The normalized spacial score (nSPS) is 17.9. The number of carbonyl (C=O) groups is 1. The molecule has 0 saturated carbocycles. The molecule has 3 aromatic rings. The zero-order valence-electron chi connectivity index (χ0n) is 21.8. The molecule has 0 aromatic heterocycles. The number of carbonyl (C=O) groups excluding carboxylic acids is 1. The Hall–Kier alpha value is -3.36. The lowest BCUT2D eigenvalue weighted by Crippen LogP contribution is -2.37. The molecule has 2 atom stereocenters. The first kappa shape index (κ1) is 26.7. The van der Waals surface area contributed by atoms with Gasteiger partial charge < -0.3 is 15.4 Å². The van der Waals surface area contributed by atoms with Crippen molar-refractivity contribution in [2.24, 2.45) is 5.92 Å². The molecule has 0 unspecified atom stereocenters. The molecule has 4 rings (SSSR count). The molecule has 1 heterocycles. The Morgan fingerprint density at radius 3 is 2.46 bits per heavy atom. The van der Waals surface area contributed by atoms with Crippen molar-refractivity contribution in [2.75, 3.05) is 38.6 Å². The van der Waals surface area contributed by atoms with Gasteiger partial charge in [-0.15, -0.1) is 0 Å². The molecule has 0 radical (unpaired) electrons. The van der Waals surface area contributed by atoms with Crippen LogP contribution in [0.15, 0.2) is 71.6 Å². The third kappa shape index (κ3) is 6.14. The van der Waals surface area contributed by atoms with E-state index in [1.807, 2.05) is 45.0 Å². The smallest absolute Gasteiger partial charge is 0.243 e. The molecule has 8 heteroatoms. The maximum Gasteiger partial charge on any atom is 0.243 e. The van der Waals surface area contributed by atoms with Gasteiger partial charge in [0.05, 0.1) is 17.9 Å². The zero-order valence-corrected chi connectivity index (χ0v) is 22.6.